The molecule has 0 atom stereocenters. The van der Waals surface area contributed by atoms with Gasteiger partial charge in [0.05, 0.1) is 0 Å². The molecular weight excluding hydrogens is 273 g/mol. The van der Waals surface area contributed by atoms with Crippen molar-refractivity contribution in [3.05, 3.63) is 23.5 Å². The summed E-state index contributed by atoms with van der Waals surface area (Å²) in [6, 6.07) is 1.80. The molecule has 0 saturated heterocycles. The average Bonchev–Trinajstić information content (AvgIpc) is 2.25. The summed E-state index contributed by atoms with van der Waals surface area (Å²) in [4.78, 5) is 13.5. The van der Waals surface area contributed by atoms with Crippen LogP contribution in [0.2, 0.25) is 0 Å². The Morgan fingerprint density at radius 2 is 2.05 bits per heavy atom. The van der Waals surface area contributed by atoms with Crippen LogP contribution in [0.15, 0.2) is 22.0 Å². The largest absolute Gasteiger partial charge is 0.508 e. The lowest BCUT2D eigenvalue weighted by Gasteiger charge is -2.37. The Kier molecular flexibility index (Phi) is 3.20. The highest BCUT2D eigenvalue weighted by Crippen LogP contribution is 2.48. The molecule has 1 aromatic rings. The van der Waals surface area contributed by atoms with Gasteiger partial charge in [-0.05, 0) is 25.3 Å². The van der Waals surface area contributed by atoms with E-state index in [0.717, 1.165) is 24.8 Å². The molecule has 102 valence electrons. The number of halogens is 1. The first-order chi connectivity index (χ1) is 8.80. The Morgan fingerprint density at radius 1 is 1.42 bits per heavy atom. The molecule has 19 heavy (non-hydrogen) atoms. The van der Waals surface area contributed by atoms with Gasteiger partial charge in [0.1, 0.15) is 22.0 Å². The second kappa shape index (κ2) is 4.43. The van der Waals surface area contributed by atoms with Crippen LogP contribution in [0.1, 0.15) is 24.8 Å². The lowest BCUT2D eigenvalue weighted by atomic mass is 9.72. The van der Waals surface area contributed by atoms with Crippen LogP contribution >= 0.6 is 0 Å². The molecule has 5 nitrogen and oxygen atoms in total. The standard InChI is InChI=1S/C12H12FNO4S/c1-19(17,18)11-6-10(16)8(5-9(11)13)12(14-7-15)3-2-4-12/h5-6,16H,2-4H2,1H3. The number of phenolic OH excluding ortho intramolecular Hbond substituents is 1. The van der Waals surface area contributed by atoms with Crippen LogP contribution in [0, 0.1) is 5.82 Å². The van der Waals surface area contributed by atoms with E-state index in [4.69, 9.17) is 0 Å². The molecule has 1 fully saturated rings. The fourth-order valence-electron chi connectivity index (χ4n) is 2.24. The van der Waals surface area contributed by atoms with Crippen molar-refractivity contribution in [2.24, 2.45) is 4.99 Å². The van der Waals surface area contributed by atoms with Crippen LogP contribution in [0.4, 0.5) is 4.39 Å². The molecule has 1 aromatic carbocycles. The minimum Gasteiger partial charge on any atom is -0.508 e. The summed E-state index contributed by atoms with van der Waals surface area (Å²) < 4.78 is 36.5. The van der Waals surface area contributed by atoms with E-state index in [1.165, 1.54) is 6.08 Å². The molecule has 0 heterocycles. The van der Waals surface area contributed by atoms with Crippen LogP contribution in [0.5, 0.6) is 5.75 Å². The molecule has 0 amide bonds. The van der Waals surface area contributed by atoms with Crippen molar-refractivity contribution in [3.63, 3.8) is 0 Å². The van der Waals surface area contributed by atoms with Crippen LogP contribution in [0.25, 0.3) is 0 Å². The zero-order chi connectivity index (χ0) is 14.3. The highest BCUT2D eigenvalue weighted by molar-refractivity contribution is 7.90. The summed E-state index contributed by atoms with van der Waals surface area (Å²) in [6.45, 7) is 0. The van der Waals surface area contributed by atoms with Gasteiger partial charge < -0.3 is 5.11 Å². The van der Waals surface area contributed by atoms with Crippen LogP contribution in [-0.4, -0.2) is 25.9 Å². The highest BCUT2D eigenvalue weighted by atomic mass is 32.2. The Bertz CT molecular complexity index is 673. The maximum atomic E-state index is 13.8. The number of aliphatic imine (C=N–C) groups is 1. The molecule has 2 rings (SSSR count). The summed E-state index contributed by atoms with van der Waals surface area (Å²) in [6.07, 6.45) is 4.06. The van der Waals surface area contributed by atoms with Gasteiger partial charge in [-0.2, -0.15) is 4.99 Å². The predicted octanol–water partition coefficient (Wildman–Crippen LogP) is 1.65. The third-order valence-corrected chi connectivity index (χ3v) is 4.50. The van der Waals surface area contributed by atoms with Gasteiger partial charge in [-0.3, -0.25) is 0 Å². The number of phenols is 1. The maximum absolute atomic E-state index is 13.8. The van der Waals surface area contributed by atoms with Crippen LogP contribution in [-0.2, 0) is 20.2 Å². The Morgan fingerprint density at radius 3 is 2.47 bits per heavy atom. The molecule has 1 N–H and O–H groups in total. The minimum absolute atomic E-state index is 0.131. The van der Waals surface area contributed by atoms with Gasteiger partial charge in [0.15, 0.2) is 9.84 Å². The first-order valence-electron chi connectivity index (χ1n) is 5.62. The normalized spacial score (nSPS) is 17.4. The molecule has 0 spiro atoms. The Balaban J connectivity index is 2.62. The zero-order valence-electron chi connectivity index (χ0n) is 10.2. The van der Waals surface area contributed by atoms with Crippen molar-refractivity contribution < 1.29 is 22.7 Å². The quantitative estimate of drug-likeness (QED) is 0.676. The molecule has 0 radical (unpaired) electrons. The van der Waals surface area contributed by atoms with E-state index in [9.17, 15) is 22.7 Å². The van der Waals surface area contributed by atoms with Crippen molar-refractivity contribution >= 4 is 15.9 Å². The monoisotopic (exact) mass is 285 g/mol. The number of hydrogen-bond donors (Lipinski definition) is 1. The topological polar surface area (TPSA) is 83.8 Å². The first kappa shape index (κ1) is 13.7. The van der Waals surface area contributed by atoms with Gasteiger partial charge >= 0.3 is 0 Å². The minimum atomic E-state index is -3.76. The number of carbonyl (C=O) groups excluding carboxylic acids is 1. The highest BCUT2D eigenvalue weighted by Gasteiger charge is 2.41. The molecule has 0 aliphatic heterocycles. The second-order valence-corrected chi connectivity index (χ2v) is 6.64. The van der Waals surface area contributed by atoms with Crippen molar-refractivity contribution in [1.29, 1.82) is 0 Å². The van der Waals surface area contributed by atoms with E-state index in [1.54, 1.807) is 0 Å². The zero-order valence-corrected chi connectivity index (χ0v) is 11.0. The van der Waals surface area contributed by atoms with E-state index in [1.807, 2.05) is 0 Å². The lowest BCUT2D eigenvalue weighted by Crippen LogP contribution is -2.32. The van der Waals surface area contributed by atoms with Crippen LogP contribution < -0.4 is 0 Å². The average molecular weight is 285 g/mol. The van der Waals surface area contributed by atoms with Crippen molar-refractivity contribution in [2.75, 3.05) is 6.26 Å². The SMILES string of the molecule is CS(=O)(=O)c1cc(O)c(C2(N=C=O)CCC2)cc1F. The number of isocyanates is 1. The molecule has 7 heteroatoms. The third kappa shape index (κ3) is 2.27. The summed E-state index contributed by atoms with van der Waals surface area (Å²) in [5, 5.41) is 9.89. The number of sulfone groups is 1. The van der Waals surface area contributed by atoms with Gasteiger partial charge in [0, 0.05) is 17.9 Å². The number of rotatable bonds is 3. The van der Waals surface area contributed by atoms with Gasteiger partial charge in [-0.1, -0.05) is 0 Å². The lowest BCUT2D eigenvalue weighted by molar-refractivity contribution is 0.246. The van der Waals surface area contributed by atoms with E-state index in [2.05, 4.69) is 4.99 Å². The second-order valence-electron chi connectivity index (χ2n) is 4.66. The fourth-order valence-corrected chi connectivity index (χ4v) is 2.98. The van der Waals surface area contributed by atoms with E-state index >= 15 is 0 Å². The molecule has 0 unspecified atom stereocenters. The fraction of sp³-hybridized carbons (Fsp3) is 0.417. The summed E-state index contributed by atoms with van der Waals surface area (Å²) >= 11 is 0. The molecule has 1 saturated carbocycles. The van der Waals surface area contributed by atoms with Gasteiger partial charge in [0.2, 0.25) is 6.08 Å². The number of aromatic hydroxyl groups is 1. The third-order valence-electron chi connectivity index (χ3n) is 3.39. The molecular formula is C12H12FNO4S. The maximum Gasteiger partial charge on any atom is 0.235 e. The number of nitrogens with zero attached hydrogens (tertiary/aromatic N) is 1. The number of hydrogen-bond acceptors (Lipinski definition) is 5. The van der Waals surface area contributed by atoms with Gasteiger partial charge in [-0.15, -0.1) is 0 Å². The first-order valence-corrected chi connectivity index (χ1v) is 7.51. The molecule has 1 aliphatic rings. The van der Waals surface area contributed by atoms with E-state index in [0.29, 0.717) is 12.8 Å². The molecule has 0 aromatic heterocycles. The molecule has 0 bridgehead atoms. The van der Waals surface area contributed by atoms with E-state index < -0.39 is 26.1 Å². The van der Waals surface area contributed by atoms with Crippen LogP contribution in [0.3, 0.4) is 0 Å². The van der Waals surface area contributed by atoms with E-state index in [-0.39, 0.29) is 11.3 Å². The number of benzene rings is 1. The summed E-state index contributed by atoms with van der Waals surface area (Å²) in [5.41, 5.74) is -0.838. The van der Waals surface area contributed by atoms with Crippen molar-refractivity contribution in [2.45, 2.75) is 29.7 Å². The molecule has 1 aliphatic carbocycles. The van der Waals surface area contributed by atoms with Crippen molar-refractivity contribution in [1.82, 2.24) is 0 Å². The van der Waals surface area contributed by atoms with Gasteiger partial charge in [-0.25, -0.2) is 17.6 Å². The summed E-state index contributed by atoms with van der Waals surface area (Å²) in [7, 11) is -3.76. The predicted molar refractivity (Wildman–Crippen MR) is 64.8 cm³/mol. The Hall–Kier alpha value is -1.72. The summed E-state index contributed by atoms with van der Waals surface area (Å²) in [5.74, 6) is -1.33. The smallest absolute Gasteiger partial charge is 0.235 e. The van der Waals surface area contributed by atoms with Gasteiger partial charge in [0.25, 0.3) is 0 Å². The Labute approximate surface area is 109 Å². The van der Waals surface area contributed by atoms with Crippen molar-refractivity contribution in [3.8, 4) is 5.75 Å².